The summed E-state index contributed by atoms with van der Waals surface area (Å²) in [6, 6.07) is 1.74. The fourth-order valence-electron chi connectivity index (χ4n) is 2.31. The summed E-state index contributed by atoms with van der Waals surface area (Å²) in [5.74, 6) is -1.27. The van der Waals surface area contributed by atoms with Gasteiger partial charge in [0.05, 0.1) is 17.5 Å². The van der Waals surface area contributed by atoms with Crippen LogP contribution in [0.5, 0.6) is 0 Å². The lowest BCUT2D eigenvalue weighted by Crippen LogP contribution is -2.37. The van der Waals surface area contributed by atoms with Crippen LogP contribution in [0.25, 0.3) is 0 Å². The number of halogens is 2. The van der Waals surface area contributed by atoms with Crippen LogP contribution in [0.15, 0.2) is 17.0 Å². The minimum atomic E-state index is -4.12. The topological polar surface area (TPSA) is 63.7 Å². The smallest absolute Gasteiger partial charge is 0.261 e. The zero-order valence-electron chi connectivity index (χ0n) is 11.6. The number of ether oxygens (including phenoxy) is 1. The molecule has 1 aliphatic heterocycles. The molecule has 0 spiro atoms. The lowest BCUT2D eigenvalue weighted by atomic mass is 10.1. The lowest BCUT2D eigenvalue weighted by Gasteiger charge is -2.24. The van der Waals surface area contributed by atoms with E-state index in [2.05, 4.69) is 0 Å². The van der Waals surface area contributed by atoms with Crippen molar-refractivity contribution in [3.05, 3.63) is 29.1 Å². The molecule has 0 bridgehead atoms. The molecule has 1 atom stereocenters. The molecule has 0 saturated carbocycles. The Morgan fingerprint density at radius 2 is 2.14 bits per heavy atom. The number of hydrogen-bond donors (Lipinski definition) is 0. The number of hydrogen-bond acceptors (Lipinski definition) is 4. The van der Waals surface area contributed by atoms with Crippen LogP contribution < -0.4 is 0 Å². The van der Waals surface area contributed by atoms with Crippen molar-refractivity contribution in [3.63, 3.8) is 0 Å². The Balaban J connectivity index is 2.44. The summed E-state index contributed by atoms with van der Waals surface area (Å²) in [4.78, 5) is 13.5. The zero-order valence-corrected chi connectivity index (χ0v) is 13.2. The molecule has 1 unspecified atom stereocenters. The van der Waals surface area contributed by atoms with Gasteiger partial charge in [-0.3, -0.25) is 4.79 Å². The number of rotatable bonds is 3. The van der Waals surface area contributed by atoms with Gasteiger partial charge in [-0.25, -0.2) is 12.8 Å². The molecule has 5 nitrogen and oxygen atoms in total. The molecular weight excluding hydrogens is 321 g/mol. The third-order valence-electron chi connectivity index (χ3n) is 3.59. The Hall–Kier alpha value is -1.18. The van der Waals surface area contributed by atoms with Gasteiger partial charge in [-0.05, 0) is 31.0 Å². The van der Waals surface area contributed by atoms with E-state index in [0.29, 0.717) is 19.6 Å². The number of nitrogens with zero attached hydrogens (tertiary/aromatic N) is 1. The Morgan fingerprint density at radius 3 is 2.67 bits per heavy atom. The molecule has 1 saturated heterocycles. The van der Waals surface area contributed by atoms with E-state index >= 15 is 0 Å². The Labute approximate surface area is 127 Å². The van der Waals surface area contributed by atoms with E-state index < -0.39 is 20.8 Å². The van der Waals surface area contributed by atoms with E-state index in [9.17, 15) is 17.6 Å². The van der Waals surface area contributed by atoms with Crippen LogP contribution in [-0.2, 0) is 13.8 Å². The van der Waals surface area contributed by atoms with Gasteiger partial charge in [0.15, 0.2) is 0 Å². The Morgan fingerprint density at radius 1 is 1.48 bits per heavy atom. The first-order valence-electron chi connectivity index (χ1n) is 6.31. The summed E-state index contributed by atoms with van der Waals surface area (Å²) in [6.07, 6.45) is 0.692. The first kappa shape index (κ1) is 16.2. The summed E-state index contributed by atoms with van der Waals surface area (Å²) in [5, 5.41) is 0. The molecule has 0 radical (unpaired) electrons. The quantitative estimate of drug-likeness (QED) is 0.792. The van der Waals surface area contributed by atoms with Gasteiger partial charge in [0.25, 0.3) is 15.0 Å². The van der Waals surface area contributed by atoms with Crippen molar-refractivity contribution in [1.29, 1.82) is 0 Å². The molecule has 2 rings (SSSR count). The number of amides is 1. The first-order chi connectivity index (χ1) is 9.71. The van der Waals surface area contributed by atoms with Gasteiger partial charge in [-0.1, -0.05) is 0 Å². The standard InChI is InChI=1S/C13H15ClFNO4S/c1-8-11(5-9(15)6-12(8)21(14,18)19)13(17)16(2)10-3-4-20-7-10/h5-6,10H,3-4,7H2,1-2H3. The minimum Gasteiger partial charge on any atom is -0.379 e. The Kier molecular flexibility index (Phi) is 4.55. The predicted molar refractivity (Wildman–Crippen MR) is 75.5 cm³/mol. The third-order valence-corrected chi connectivity index (χ3v) is 5.04. The average molecular weight is 336 g/mol. The highest BCUT2D eigenvalue weighted by atomic mass is 35.7. The fourth-order valence-corrected chi connectivity index (χ4v) is 3.52. The van der Waals surface area contributed by atoms with Crippen molar-refractivity contribution >= 4 is 25.6 Å². The second-order valence-electron chi connectivity index (χ2n) is 4.95. The molecule has 1 amide bonds. The van der Waals surface area contributed by atoms with Crippen molar-refractivity contribution in [2.75, 3.05) is 20.3 Å². The number of likely N-dealkylation sites (N-methyl/N-ethyl adjacent to an activating group) is 1. The second kappa shape index (κ2) is 5.90. The maximum atomic E-state index is 13.6. The van der Waals surface area contributed by atoms with Crippen LogP contribution in [0.3, 0.4) is 0 Å². The maximum Gasteiger partial charge on any atom is 0.261 e. The highest BCUT2D eigenvalue weighted by molar-refractivity contribution is 8.13. The van der Waals surface area contributed by atoms with Gasteiger partial charge in [-0.15, -0.1) is 0 Å². The van der Waals surface area contributed by atoms with Gasteiger partial charge in [0.1, 0.15) is 5.82 Å². The maximum absolute atomic E-state index is 13.6. The first-order valence-corrected chi connectivity index (χ1v) is 8.62. The third kappa shape index (κ3) is 3.36. The number of carbonyl (C=O) groups excluding carboxylic acids is 1. The second-order valence-corrected chi connectivity index (χ2v) is 7.48. The molecule has 1 aromatic rings. The van der Waals surface area contributed by atoms with E-state index in [-0.39, 0.29) is 22.1 Å². The predicted octanol–water partition coefficient (Wildman–Crippen LogP) is 1.92. The molecule has 0 aromatic heterocycles. The average Bonchev–Trinajstić information content (AvgIpc) is 2.92. The summed E-state index contributed by atoms with van der Waals surface area (Å²) in [5.41, 5.74) is 0.130. The molecule has 21 heavy (non-hydrogen) atoms. The summed E-state index contributed by atoms with van der Waals surface area (Å²) in [7, 11) is 2.74. The van der Waals surface area contributed by atoms with Crippen molar-refractivity contribution in [1.82, 2.24) is 4.90 Å². The van der Waals surface area contributed by atoms with Gasteiger partial charge in [-0.2, -0.15) is 0 Å². The molecule has 0 aliphatic carbocycles. The highest BCUT2D eigenvalue weighted by Crippen LogP contribution is 2.26. The molecule has 1 aliphatic rings. The summed E-state index contributed by atoms with van der Waals surface area (Å²) in [6.45, 7) is 2.41. The largest absolute Gasteiger partial charge is 0.379 e. The fraction of sp³-hybridized carbons (Fsp3) is 0.462. The van der Waals surface area contributed by atoms with Gasteiger partial charge in [0, 0.05) is 29.9 Å². The van der Waals surface area contributed by atoms with E-state index in [4.69, 9.17) is 15.4 Å². The normalized spacial score (nSPS) is 18.8. The lowest BCUT2D eigenvalue weighted by molar-refractivity contribution is 0.0709. The summed E-state index contributed by atoms with van der Waals surface area (Å²) < 4.78 is 41.8. The minimum absolute atomic E-state index is 0.0105. The monoisotopic (exact) mass is 335 g/mol. The van der Waals surface area contributed by atoms with Crippen molar-refractivity contribution in [2.24, 2.45) is 0 Å². The molecular formula is C13H15ClFNO4S. The van der Waals surface area contributed by atoms with Crippen LogP contribution in [-0.4, -0.2) is 45.5 Å². The number of carbonyl (C=O) groups is 1. The van der Waals surface area contributed by atoms with Crippen molar-refractivity contribution < 1.29 is 22.3 Å². The van der Waals surface area contributed by atoms with Crippen molar-refractivity contribution in [3.8, 4) is 0 Å². The molecule has 0 N–H and O–H groups in total. The van der Waals surface area contributed by atoms with Gasteiger partial charge in [0.2, 0.25) is 0 Å². The summed E-state index contributed by atoms with van der Waals surface area (Å²) >= 11 is 0. The highest BCUT2D eigenvalue weighted by Gasteiger charge is 2.28. The Bertz CT molecular complexity index is 671. The molecule has 1 heterocycles. The van der Waals surface area contributed by atoms with Crippen molar-refractivity contribution in [2.45, 2.75) is 24.3 Å². The van der Waals surface area contributed by atoms with E-state index in [1.54, 1.807) is 7.05 Å². The van der Waals surface area contributed by atoms with E-state index in [1.807, 2.05) is 0 Å². The van der Waals surface area contributed by atoms with Crippen LogP contribution in [0.2, 0.25) is 0 Å². The van der Waals surface area contributed by atoms with Crippen LogP contribution in [0, 0.1) is 12.7 Å². The van der Waals surface area contributed by atoms with E-state index in [0.717, 1.165) is 12.1 Å². The van der Waals surface area contributed by atoms with Crippen LogP contribution in [0.4, 0.5) is 4.39 Å². The molecule has 1 fully saturated rings. The SMILES string of the molecule is Cc1c(C(=O)N(C)C2CCOC2)cc(F)cc1S(=O)(=O)Cl. The number of benzene rings is 1. The molecule has 116 valence electrons. The van der Waals surface area contributed by atoms with Crippen LogP contribution in [0.1, 0.15) is 22.3 Å². The van der Waals surface area contributed by atoms with E-state index in [1.165, 1.54) is 11.8 Å². The molecule has 1 aromatic carbocycles. The van der Waals surface area contributed by atoms with Gasteiger partial charge < -0.3 is 9.64 Å². The van der Waals surface area contributed by atoms with Gasteiger partial charge >= 0.3 is 0 Å². The molecule has 8 heteroatoms. The van der Waals surface area contributed by atoms with Crippen LogP contribution >= 0.6 is 10.7 Å². The zero-order chi connectivity index (χ0) is 15.8.